The van der Waals surface area contributed by atoms with Gasteiger partial charge in [0.15, 0.2) is 0 Å². The summed E-state index contributed by atoms with van der Waals surface area (Å²) in [5.41, 5.74) is 6.95. The molecule has 0 radical (unpaired) electrons. The second-order valence-electron chi connectivity index (χ2n) is 8.37. The largest absolute Gasteiger partial charge is 0.372 e. The van der Waals surface area contributed by atoms with Crippen molar-refractivity contribution in [3.05, 3.63) is 66.2 Å². The molecule has 0 aliphatic carbocycles. The molecule has 1 heterocycles. The van der Waals surface area contributed by atoms with Crippen LogP contribution < -0.4 is 9.47 Å². The Morgan fingerprint density at radius 2 is 1.61 bits per heavy atom. The number of aryl methyl sites for hydroxylation is 1. The molecule has 0 unspecified atom stereocenters. The van der Waals surface area contributed by atoms with Gasteiger partial charge in [0.05, 0.1) is 5.54 Å². The lowest BCUT2D eigenvalue weighted by atomic mass is 10.0. The third kappa shape index (κ3) is 3.99. The van der Waals surface area contributed by atoms with Crippen molar-refractivity contribution >= 4 is 28.9 Å². The van der Waals surface area contributed by atoms with E-state index < -0.39 is 0 Å². The van der Waals surface area contributed by atoms with Gasteiger partial charge >= 0.3 is 0 Å². The molecule has 0 saturated heterocycles. The van der Waals surface area contributed by atoms with Crippen LogP contribution in [0.3, 0.4) is 0 Å². The molecule has 144 valence electrons. The number of anilines is 1. The molecule has 3 rings (SSSR count). The molecular formula is C25H30N3+. The molecule has 2 aromatic carbocycles. The van der Waals surface area contributed by atoms with Crippen LogP contribution in [0.4, 0.5) is 5.69 Å². The number of hydrogen-bond donors (Lipinski definition) is 0. The summed E-state index contributed by atoms with van der Waals surface area (Å²) in [5.74, 6) is 0. The molecule has 0 saturated carbocycles. The van der Waals surface area contributed by atoms with Crippen molar-refractivity contribution in [3.63, 3.8) is 0 Å². The zero-order chi connectivity index (χ0) is 20.5. The zero-order valence-corrected chi connectivity index (χ0v) is 17.8. The Morgan fingerprint density at radius 3 is 2.18 bits per heavy atom. The molecule has 0 bridgehead atoms. The fourth-order valence-electron chi connectivity index (χ4n) is 3.43. The van der Waals surface area contributed by atoms with E-state index in [0.717, 1.165) is 11.1 Å². The van der Waals surface area contributed by atoms with Gasteiger partial charge in [-0.25, -0.2) is 0 Å². The molecule has 28 heavy (non-hydrogen) atoms. The summed E-state index contributed by atoms with van der Waals surface area (Å²) in [5, 5.41) is 1.22. The maximum atomic E-state index is 4.59. The summed E-state index contributed by atoms with van der Waals surface area (Å²) in [6.45, 7) is 10.3. The summed E-state index contributed by atoms with van der Waals surface area (Å²) < 4.78 is 2.27. The lowest BCUT2D eigenvalue weighted by molar-refractivity contribution is -0.633. The van der Waals surface area contributed by atoms with Gasteiger partial charge in [0.1, 0.15) is 12.7 Å². The predicted molar refractivity (Wildman–Crippen MR) is 122 cm³/mol. The number of pyridine rings is 1. The summed E-state index contributed by atoms with van der Waals surface area (Å²) >= 11 is 0. The minimum Gasteiger partial charge on any atom is -0.372 e. The second kappa shape index (κ2) is 7.59. The van der Waals surface area contributed by atoms with E-state index in [1.165, 1.54) is 27.8 Å². The van der Waals surface area contributed by atoms with Crippen LogP contribution in [0.1, 0.15) is 31.9 Å². The van der Waals surface area contributed by atoms with Gasteiger partial charge in [-0.05, 0) is 50.6 Å². The van der Waals surface area contributed by atoms with Gasteiger partial charge in [-0.2, -0.15) is 4.57 Å². The highest BCUT2D eigenvalue weighted by atomic mass is 15.1. The van der Waals surface area contributed by atoms with Crippen molar-refractivity contribution < 1.29 is 4.57 Å². The van der Waals surface area contributed by atoms with Crippen molar-refractivity contribution in [2.75, 3.05) is 19.0 Å². The molecule has 0 N–H and O–H groups in total. The Morgan fingerprint density at radius 1 is 0.964 bits per heavy atom. The molecule has 0 fully saturated rings. The van der Waals surface area contributed by atoms with E-state index in [1.807, 2.05) is 12.3 Å². The molecule has 3 heteroatoms. The van der Waals surface area contributed by atoms with E-state index in [9.17, 15) is 0 Å². The van der Waals surface area contributed by atoms with Crippen molar-refractivity contribution in [3.8, 4) is 11.3 Å². The van der Waals surface area contributed by atoms with E-state index in [1.54, 1.807) is 0 Å². The van der Waals surface area contributed by atoms with Crippen LogP contribution in [0.25, 0.3) is 28.2 Å². The number of aromatic nitrogens is 1. The fourth-order valence-corrected chi connectivity index (χ4v) is 3.43. The number of nitrogens with zero attached hydrogens (tertiary/aromatic N) is 3. The number of rotatable bonds is 4. The van der Waals surface area contributed by atoms with E-state index in [-0.39, 0.29) is 5.54 Å². The third-order valence-electron chi connectivity index (χ3n) is 4.81. The zero-order valence-electron chi connectivity index (χ0n) is 17.8. The average molecular weight is 373 g/mol. The first-order valence-corrected chi connectivity index (χ1v) is 9.62. The van der Waals surface area contributed by atoms with E-state index in [4.69, 9.17) is 0 Å². The molecule has 0 aliphatic rings. The van der Waals surface area contributed by atoms with Crippen LogP contribution >= 0.6 is 0 Å². The highest BCUT2D eigenvalue weighted by molar-refractivity contribution is 5.94. The highest BCUT2D eigenvalue weighted by Crippen LogP contribution is 2.30. The minimum atomic E-state index is -0.0606. The standard InChI is InChI=1S/C25H30N3/c1-8-19-13-14-21-15-16-22(28(7)24(21)23(19)27(5)6)20-11-9-18(10-12-20)17-26-25(2,3)4/h8-17H,1H2,2-7H3/q+1. The molecular weight excluding hydrogens is 342 g/mol. The van der Waals surface area contributed by atoms with Gasteiger partial charge in [0.2, 0.25) is 11.2 Å². The van der Waals surface area contributed by atoms with Gasteiger partial charge < -0.3 is 4.90 Å². The molecule has 0 spiro atoms. The molecule has 0 atom stereocenters. The Balaban J connectivity index is 2.11. The number of fused-ring (bicyclic) bond motifs is 1. The van der Waals surface area contributed by atoms with Crippen molar-refractivity contribution in [1.29, 1.82) is 0 Å². The summed E-state index contributed by atoms with van der Waals surface area (Å²) in [4.78, 5) is 6.75. The topological polar surface area (TPSA) is 19.5 Å². The quantitative estimate of drug-likeness (QED) is 0.452. The Labute approximate surface area is 168 Å². The number of aliphatic imine (C=N–C) groups is 1. The van der Waals surface area contributed by atoms with Crippen LogP contribution in [0.15, 0.2) is 60.1 Å². The molecule has 3 aromatic rings. The molecule has 0 aliphatic heterocycles. The highest BCUT2D eigenvalue weighted by Gasteiger charge is 2.20. The summed E-state index contributed by atoms with van der Waals surface area (Å²) in [6.07, 6.45) is 3.87. The van der Waals surface area contributed by atoms with Crippen LogP contribution in [0.5, 0.6) is 0 Å². The van der Waals surface area contributed by atoms with Crippen molar-refractivity contribution in [2.45, 2.75) is 26.3 Å². The number of hydrogen-bond acceptors (Lipinski definition) is 2. The van der Waals surface area contributed by atoms with Crippen LogP contribution in [0, 0.1) is 0 Å². The normalized spacial score (nSPS) is 11.9. The lowest BCUT2D eigenvalue weighted by Gasteiger charge is -2.17. The summed E-state index contributed by atoms with van der Waals surface area (Å²) in [7, 11) is 6.29. The minimum absolute atomic E-state index is 0.0606. The first kappa shape index (κ1) is 19.8. The van der Waals surface area contributed by atoms with Crippen LogP contribution in [-0.2, 0) is 7.05 Å². The van der Waals surface area contributed by atoms with Gasteiger partial charge in [0, 0.05) is 42.9 Å². The monoisotopic (exact) mass is 372 g/mol. The van der Waals surface area contributed by atoms with E-state index >= 15 is 0 Å². The summed E-state index contributed by atoms with van der Waals surface area (Å²) in [6, 6.07) is 17.3. The Hall–Kier alpha value is -2.94. The van der Waals surface area contributed by atoms with Gasteiger partial charge in [-0.15, -0.1) is 0 Å². The second-order valence-corrected chi connectivity index (χ2v) is 8.37. The van der Waals surface area contributed by atoms with E-state index in [2.05, 4.69) is 111 Å². The fraction of sp³-hybridized carbons (Fsp3) is 0.280. The predicted octanol–water partition coefficient (Wildman–Crippen LogP) is 5.26. The van der Waals surface area contributed by atoms with Gasteiger partial charge in [0.25, 0.3) is 0 Å². The SMILES string of the molecule is C=Cc1ccc2ccc(-c3ccc(C=NC(C)(C)C)cc3)[n+](C)c2c1N(C)C. The first-order valence-electron chi connectivity index (χ1n) is 9.62. The maximum absolute atomic E-state index is 4.59. The van der Waals surface area contributed by atoms with Gasteiger partial charge in [-0.1, -0.05) is 30.9 Å². The van der Waals surface area contributed by atoms with E-state index in [0.29, 0.717) is 0 Å². The Bertz CT molecular complexity index is 1040. The third-order valence-corrected chi connectivity index (χ3v) is 4.81. The first-order chi connectivity index (χ1) is 13.2. The molecule has 0 amide bonds. The number of benzene rings is 2. The van der Waals surface area contributed by atoms with Crippen molar-refractivity contribution in [2.24, 2.45) is 12.0 Å². The molecule has 3 nitrogen and oxygen atoms in total. The van der Waals surface area contributed by atoms with Gasteiger partial charge in [-0.3, -0.25) is 4.99 Å². The average Bonchev–Trinajstić information content (AvgIpc) is 2.65. The molecule has 1 aromatic heterocycles. The van der Waals surface area contributed by atoms with Crippen molar-refractivity contribution in [1.82, 2.24) is 0 Å². The lowest BCUT2D eigenvalue weighted by Crippen LogP contribution is -2.33. The van der Waals surface area contributed by atoms with Crippen LogP contribution in [0.2, 0.25) is 0 Å². The smallest absolute Gasteiger partial charge is 0.236 e. The Kier molecular flexibility index (Phi) is 5.37. The maximum Gasteiger partial charge on any atom is 0.236 e. The van der Waals surface area contributed by atoms with Crippen LogP contribution in [-0.4, -0.2) is 25.8 Å².